The molecule has 4 heteroatoms. The summed E-state index contributed by atoms with van der Waals surface area (Å²) < 4.78 is 0. The molecule has 0 radical (unpaired) electrons. The van der Waals surface area contributed by atoms with Crippen molar-refractivity contribution in [3.05, 3.63) is 0 Å². The van der Waals surface area contributed by atoms with E-state index in [0.717, 1.165) is 12.5 Å². The topological polar surface area (TPSA) is 58.4 Å². The van der Waals surface area contributed by atoms with E-state index in [9.17, 15) is 4.79 Å². The van der Waals surface area contributed by atoms with Crippen LogP contribution in [-0.4, -0.2) is 30.4 Å². The Morgan fingerprint density at radius 2 is 1.88 bits per heavy atom. The van der Waals surface area contributed by atoms with Crippen LogP contribution >= 0.6 is 0 Å². The molecule has 100 valence electrons. The fourth-order valence-electron chi connectivity index (χ4n) is 2.70. The van der Waals surface area contributed by atoms with E-state index < -0.39 is 5.41 Å². The first-order valence-corrected chi connectivity index (χ1v) is 6.58. The van der Waals surface area contributed by atoms with Gasteiger partial charge in [0.1, 0.15) is 0 Å². The molecule has 0 heterocycles. The lowest BCUT2D eigenvalue weighted by Gasteiger charge is -2.37. The number of nitrogens with two attached hydrogens (primary N) is 1. The zero-order valence-corrected chi connectivity index (χ0v) is 11.6. The quantitative estimate of drug-likeness (QED) is 0.445. The molecule has 0 aromatic rings. The van der Waals surface area contributed by atoms with Crippen molar-refractivity contribution >= 4 is 5.91 Å². The average molecular weight is 241 g/mol. The summed E-state index contributed by atoms with van der Waals surface area (Å²) in [6.45, 7) is 6.96. The van der Waals surface area contributed by atoms with E-state index in [1.165, 1.54) is 25.7 Å². The Balaban J connectivity index is 2.48. The summed E-state index contributed by atoms with van der Waals surface area (Å²) in [5.74, 6) is 5.98. The Morgan fingerprint density at radius 1 is 1.35 bits per heavy atom. The van der Waals surface area contributed by atoms with Gasteiger partial charge in [0.15, 0.2) is 0 Å². The van der Waals surface area contributed by atoms with Crippen molar-refractivity contribution in [2.75, 3.05) is 13.6 Å². The molecule has 1 saturated carbocycles. The van der Waals surface area contributed by atoms with E-state index in [2.05, 4.69) is 24.3 Å². The second-order valence-electron chi connectivity index (χ2n) is 6.19. The Kier molecular flexibility index (Phi) is 4.95. The lowest BCUT2D eigenvalue weighted by Crippen LogP contribution is -2.49. The fraction of sp³-hybridized carbons (Fsp3) is 0.923. The summed E-state index contributed by atoms with van der Waals surface area (Å²) in [5, 5.41) is 0. The number of nitrogens with one attached hydrogen (secondary N) is 1. The van der Waals surface area contributed by atoms with Gasteiger partial charge in [0.05, 0.1) is 5.41 Å². The first-order chi connectivity index (χ1) is 7.86. The molecule has 0 bridgehead atoms. The van der Waals surface area contributed by atoms with Crippen molar-refractivity contribution in [2.24, 2.45) is 17.2 Å². The van der Waals surface area contributed by atoms with Gasteiger partial charge in [-0.3, -0.25) is 10.2 Å². The van der Waals surface area contributed by atoms with Gasteiger partial charge < -0.3 is 4.90 Å². The van der Waals surface area contributed by atoms with Crippen LogP contribution in [0.15, 0.2) is 0 Å². The molecule has 17 heavy (non-hydrogen) atoms. The Bertz CT molecular complexity index is 257. The standard InChI is InChI=1S/C13H27N3O/c1-10-5-7-11(8-6-10)16(4)9-13(2,3)12(17)15-14/h10-11H,5-9,14H2,1-4H3,(H,15,17). The molecule has 0 unspecified atom stereocenters. The van der Waals surface area contributed by atoms with Crippen LogP contribution in [0.2, 0.25) is 0 Å². The number of hydrogen-bond acceptors (Lipinski definition) is 3. The summed E-state index contributed by atoms with van der Waals surface area (Å²) >= 11 is 0. The zero-order chi connectivity index (χ0) is 13.1. The Morgan fingerprint density at radius 3 is 2.35 bits per heavy atom. The molecule has 4 nitrogen and oxygen atoms in total. The van der Waals surface area contributed by atoms with E-state index in [1.54, 1.807) is 0 Å². The minimum absolute atomic E-state index is 0.0893. The van der Waals surface area contributed by atoms with E-state index >= 15 is 0 Å². The molecule has 0 saturated heterocycles. The van der Waals surface area contributed by atoms with Crippen LogP contribution in [0.3, 0.4) is 0 Å². The highest BCUT2D eigenvalue weighted by atomic mass is 16.2. The van der Waals surface area contributed by atoms with Crippen LogP contribution in [0.5, 0.6) is 0 Å². The highest BCUT2D eigenvalue weighted by Gasteiger charge is 2.31. The Labute approximate surface area is 105 Å². The van der Waals surface area contributed by atoms with Crippen LogP contribution in [0.4, 0.5) is 0 Å². The number of rotatable bonds is 4. The third-order valence-corrected chi connectivity index (χ3v) is 4.00. The summed E-state index contributed by atoms with van der Waals surface area (Å²) in [4.78, 5) is 14.0. The first-order valence-electron chi connectivity index (χ1n) is 6.58. The maximum Gasteiger partial charge on any atom is 0.240 e. The summed E-state index contributed by atoms with van der Waals surface area (Å²) in [6, 6.07) is 0.621. The Hall–Kier alpha value is -0.610. The van der Waals surface area contributed by atoms with E-state index in [0.29, 0.717) is 6.04 Å². The number of carbonyl (C=O) groups is 1. The van der Waals surface area contributed by atoms with Crippen LogP contribution < -0.4 is 11.3 Å². The summed E-state index contributed by atoms with van der Waals surface area (Å²) in [6.07, 6.45) is 5.10. The van der Waals surface area contributed by atoms with Gasteiger partial charge in [0, 0.05) is 12.6 Å². The predicted octanol–water partition coefficient (Wildman–Crippen LogP) is 1.51. The molecular formula is C13H27N3O. The normalized spacial score (nSPS) is 26.0. The van der Waals surface area contributed by atoms with Gasteiger partial charge in [-0.15, -0.1) is 0 Å². The van der Waals surface area contributed by atoms with Gasteiger partial charge in [-0.25, -0.2) is 5.84 Å². The highest BCUT2D eigenvalue weighted by Crippen LogP contribution is 2.28. The van der Waals surface area contributed by atoms with Crippen LogP contribution in [-0.2, 0) is 4.79 Å². The third kappa shape index (κ3) is 3.96. The molecule has 0 aromatic carbocycles. The smallest absolute Gasteiger partial charge is 0.240 e. The maximum atomic E-state index is 11.6. The number of carbonyl (C=O) groups excluding carboxylic acids is 1. The number of hydrogen-bond donors (Lipinski definition) is 2. The van der Waals surface area contributed by atoms with Crippen molar-refractivity contribution in [1.82, 2.24) is 10.3 Å². The molecule has 0 aliphatic heterocycles. The minimum atomic E-state index is -0.424. The minimum Gasteiger partial charge on any atom is -0.302 e. The SMILES string of the molecule is CC1CCC(N(C)CC(C)(C)C(=O)NN)CC1. The monoisotopic (exact) mass is 241 g/mol. The molecule has 0 spiro atoms. The number of hydrazine groups is 1. The maximum absolute atomic E-state index is 11.6. The molecule has 0 aromatic heterocycles. The van der Waals surface area contributed by atoms with Gasteiger partial charge in [0.2, 0.25) is 5.91 Å². The summed E-state index contributed by atoms with van der Waals surface area (Å²) in [5.41, 5.74) is 1.83. The number of amides is 1. The molecule has 1 aliphatic rings. The molecule has 1 amide bonds. The number of nitrogens with zero attached hydrogens (tertiary/aromatic N) is 1. The van der Waals surface area contributed by atoms with Crippen molar-refractivity contribution in [3.8, 4) is 0 Å². The van der Waals surface area contributed by atoms with Crippen LogP contribution in [0.1, 0.15) is 46.5 Å². The predicted molar refractivity (Wildman–Crippen MR) is 70.2 cm³/mol. The second-order valence-corrected chi connectivity index (χ2v) is 6.19. The lowest BCUT2D eigenvalue weighted by molar-refractivity contribution is -0.130. The van der Waals surface area contributed by atoms with Crippen molar-refractivity contribution in [3.63, 3.8) is 0 Å². The highest BCUT2D eigenvalue weighted by molar-refractivity contribution is 5.81. The fourth-order valence-corrected chi connectivity index (χ4v) is 2.70. The molecule has 0 atom stereocenters. The average Bonchev–Trinajstić information content (AvgIpc) is 2.28. The van der Waals surface area contributed by atoms with Crippen LogP contribution in [0, 0.1) is 11.3 Å². The van der Waals surface area contributed by atoms with Crippen molar-refractivity contribution < 1.29 is 4.79 Å². The van der Waals surface area contributed by atoms with Gasteiger partial charge >= 0.3 is 0 Å². The molecule has 1 fully saturated rings. The first kappa shape index (κ1) is 14.5. The second kappa shape index (κ2) is 5.83. The van der Waals surface area contributed by atoms with Gasteiger partial charge in [0.25, 0.3) is 0 Å². The van der Waals surface area contributed by atoms with Crippen LogP contribution in [0.25, 0.3) is 0 Å². The van der Waals surface area contributed by atoms with E-state index in [-0.39, 0.29) is 5.91 Å². The largest absolute Gasteiger partial charge is 0.302 e. The zero-order valence-electron chi connectivity index (χ0n) is 11.6. The molecular weight excluding hydrogens is 214 g/mol. The van der Waals surface area contributed by atoms with Gasteiger partial charge in [-0.1, -0.05) is 6.92 Å². The van der Waals surface area contributed by atoms with Crippen molar-refractivity contribution in [1.29, 1.82) is 0 Å². The molecule has 1 rings (SSSR count). The van der Waals surface area contributed by atoms with E-state index in [1.807, 2.05) is 13.8 Å². The van der Waals surface area contributed by atoms with Gasteiger partial charge in [-0.2, -0.15) is 0 Å². The molecule has 3 N–H and O–H groups in total. The lowest BCUT2D eigenvalue weighted by atomic mass is 9.85. The third-order valence-electron chi connectivity index (χ3n) is 4.00. The molecule has 1 aliphatic carbocycles. The van der Waals surface area contributed by atoms with E-state index in [4.69, 9.17) is 5.84 Å². The van der Waals surface area contributed by atoms with Crippen molar-refractivity contribution in [2.45, 2.75) is 52.5 Å². The summed E-state index contributed by atoms with van der Waals surface area (Å²) in [7, 11) is 2.12. The van der Waals surface area contributed by atoms with Gasteiger partial charge in [-0.05, 0) is 52.5 Å².